The molecular weight excluding hydrogens is 160 g/mol. The van der Waals surface area contributed by atoms with Gasteiger partial charge in [-0.2, -0.15) is 0 Å². The van der Waals surface area contributed by atoms with E-state index < -0.39 is 0 Å². The SMILES string of the molecule is CC(CC1CCCC1)n1ccnc1. The van der Waals surface area contributed by atoms with Crippen molar-refractivity contribution < 1.29 is 0 Å². The van der Waals surface area contributed by atoms with Crippen molar-refractivity contribution in [2.75, 3.05) is 0 Å². The van der Waals surface area contributed by atoms with Gasteiger partial charge in [-0.05, 0) is 19.3 Å². The van der Waals surface area contributed by atoms with Crippen molar-refractivity contribution in [3.63, 3.8) is 0 Å². The Morgan fingerprint density at radius 2 is 2.23 bits per heavy atom. The topological polar surface area (TPSA) is 17.8 Å². The van der Waals surface area contributed by atoms with E-state index in [1.807, 2.05) is 12.5 Å². The van der Waals surface area contributed by atoms with Gasteiger partial charge in [0.15, 0.2) is 0 Å². The maximum absolute atomic E-state index is 4.08. The standard InChI is InChI=1S/C11H18N2/c1-10(13-7-6-12-9-13)8-11-4-2-3-5-11/h6-7,9-11H,2-5,8H2,1H3. The number of rotatable bonds is 3. The van der Waals surface area contributed by atoms with Gasteiger partial charge in [0, 0.05) is 18.4 Å². The van der Waals surface area contributed by atoms with Gasteiger partial charge in [-0.1, -0.05) is 25.7 Å². The van der Waals surface area contributed by atoms with Crippen LogP contribution in [0.3, 0.4) is 0 Å². The zero-order valence-electron chi connectivity index (χ0n) is 8.32. The molecule has 2 rings (SSSR count). The van der Waals surface area contributed by atoms with E-state index in [4.69, 9.17) is 0 Å². The van der Waals surface area contributed by atoms with Crippen LogP contribution >= 0.6 is 0 Å². The van der Waals surface area contributed by atoms with Crippen LogP contribution in [0.15, 0.2) is 18.7 Å². The first-order chi connectivity index (χ1) is 6.36. The summed E-state index contributed by atoms with van der Waals surface area (Å²) < 4.78 is 2.22. The van der Waals surface area contributed by atoms with E-state index in [0.717, 1.165) is 5.92 Å². The summed E-state index contributed by atoms with van der Waals surface area (Å²) in [4.78, 5) is 4.08. The maximum Gasteiger partial charge on any atom is 0.0948 e. The zero-order chi connectivity index (χ0) is 9.10. The molecule has 0 aliphatic heterocycles. The van der Waals surface area contributed by atoms with Crippen molar-refractivity contribution >= 4 is 0 Å². The summed E-state index contributed by atoms with van der Waals surface area (Å²) >= 11 is 0. The van der Waals surface area contributed by atoms with Gasteiger partial charge >= 0.3 is 0 Å². The molecule has 0 bridgehead atoms. The molecule has 0 N–H and O–H groups in total. The molecular formula is C11H18N2. The molecule has 2 nitrogen and oxygen atoms in total. The molecule has 72 valence electrons. The van der Waals surface area contributed by atoms with Crippen molar-refractivity contribution in [3.05, 3.63) is 18.7 Å². The predicted octanol–water partition coefficient (Wildman–Crippen LogP) is 3.02. The summed E-state index contributed by atoms with van der Waals surface area (Å²) in [6.45, 7) is 2.29. The zero-order valence-corrected chi connectivity index (χ0v) is 8.32. The third-order valence-electron chi connectivity index (χ3n) is 3.18. The Hall–Kier alpha value is -0.790. The van der Waals surface area contributed by atoms with Gasteiger partial charge < -0.3 is 4.57 Å². The molecule has 1 heterocycles. The summed E-state index contributed by atoms with van der Waals surface area (Å²) in [5.74, 6) is 0.970. The van der Waals surface area contributed by atoms with Gasteiger partial charge in [0.05, 0.1) is 6.33 Å². The van der Waals surface area contributed by atoms with Gasteiger partial charge in [0.25, 0.3) is 0 Å². The Morgan fingerprint density at radius 1 is 1.46 bits per heavy atom. The largest absolute Gasteiger partial charge is 0.335 e. The van der Waals surface area contributed by atoms with E-state index in [2.05, 4.69) is 22.7 Å². The average molecular weight is 178 g/mol. The minimum atomic E-state index is 0.630. The third-order valence-corrected chi connectivity index (χ3v) is 3.18. The van der Waals surface area contributed by atoms with Crippen molar-refractivity contribution in [2.24, 2.45) is 5.92 Å². The smallest absolute Gasteiger partial charge is 0.0948 e. The van der Waals surface area contributed by atoms with E-state index in [1.165, 1.54) is 32.1 Å². The van der Waals surface area contributed by atoms with Crippen LogP contribution in [-0.2, 0) is 0 Å². The van der Waals surface area contributed by atoms with Crippen molar-refractivity contribution in [1.82, 2.24) is 9.55 Å². The lowest BCUT2D eigenvalue weighted by atomic mass is 9.99. The minimum Gasteiger partial charge on any atom is -0.335 e. The van der Waals surface area contributed by atoms with Gasteiger partial charge in [-0.15, -0.1) is 0 Å². The van der Waals surface area contributed by atoms with Crippen LogP contribution in [-0.4, -0.2) is 9.55 Å². The highest BCUT2D eigenvalue weighted by molar-refractivity contribution is 4.80. The lowest BCUT2D eigenvalue weighted by Crippen LogP contribution is -2.07. The molecule has 13 heavy (non-hydrogen) atoms. The van der Waals surface area contributed by atoms with Crippen LogP contribution < -0.4 is 0 Å². The van der Waals surface area contributed by atoms with Crippen LogP contribution in [0.4, 0.5) is 0 Å². The summed E-state index contributed by atoms with van der Waals surface area (Å²) in [5, 5.41) is 0. The Kier molecular flexibility index (Phi) is 2.67. The van der Waals surface area contributed by atoms with Gasteiger partial charge in [0.2, 0.25) is 0 Å². The predicted molar refractivity (Wildman–Crippen MR) is 53.5 cm³/mol. The van der Waals surface area contributed by atoms with Crippen LogP contribution in [0, 0.1) is 5.92 Å². The van der Waals surface area contributed by atoms with Crippen molar-refractivity contribution in [1.29, 1.82) is 0 Å². The normalized spacial score (nSPS) is 20.7. The molecule has 1 fully saturated rings. The molecule has 1 aromatic heterocycles. The highest BCUT2D eigenvalue weighted by Crippen LogP contribution is 2.31. The Bertz CT molecular complexity index is 235. The first kappa shape index (κ1) is 8.79. The Morgan fingerprint density at radius 3 is 2.85 bits per heavy atom. The van der Waals surface area contributed by atoms with Gasteiger partial charge in [-0.3, -0.25) is 0 Å². The van der Waals surface area contributed by atoms with Gasteiger partial charge in [-0.25, -0.2) is 4.98 Å². The van der Waals surface area contributed by atoms with E-state index in [1.54, 1.807) is 0 Å². The number of hydrogen-bond acceptors (Lipinski definition) is 1. The fourth-order valence-corrected chi connectivity index (χ4v) is 2.38. The second kappa shape index (κ2) is 3.95. The van der Waals surface area contributed by atoms with E-state index in [0.29, 0.717) is 6.04 Å². The summed E-state index contributed by atoms with van der Waals surface area (Å²) in [6.07, 6.45) is 13.0. The maximum atomic E-state index is 4.08. The summed E-state index contributed by atoms with van der Waals surface area (Å²) in [5.41, 5.74) is 0. The molecule has 2 heteroatoms. The third kappa shape index (κ3) is 2.11. The molecule has 0 saturated heterocycles. The average Bonchev–Trinajstić information content (AvgIpc) is 2.74. The van der Waals surface area contributed by atoms with Crippen LogP contribution in [0.5, 0.6) is 0 Å². The highest BCUT2D eigenvalue weighted by Gasteiger charge is 2.18. The number of hydrogen-bond donors (Lipinski definition) is 0. The monoisotopic (exact) mass is 178 g/mol. The van der Waals surface area contributed by atoms with E-state index in [9.17, 15) is 0 Å². The molecule has 1 saturated carbocycles. The first-order valence-electron chi connectivity index (χ1n) is 5.33. The van der Waals surface area contributed by atoms with Gasteiger partial charge in [0.1, 0.15) is 0 Å². The second-order valence-electron chi connectivity index (χ2n) is 4.25. The number of imidazole rings is 1. The van der Waals surface area contributed by atoms with E-state index >= 15 is 0 Å². The summed E-state index contributed by atoms with van der Waals surface area (Å²) in [7, 11) is 0. The molecule has 1 aliphatic carbocycles. The molecule has 1 aromatic rings. The molecule has 0 radical (unpaired) electrons. The van der Waals surface area contributed by atoms with E-state index in [-0.39, 0.29) is 0 Å². The second-order valence-corrected chi connectivity index (χ2v) is 4.25. The minimum absolute atomic E-state index is 0.630. The quantitative estimate of drug-likeness (QED) is 0.695. The molecule has 1 atom stereocenters. The fourth-order valence-electron chi connectivity index (χ4n) is 2.38. The molecule has 0 amide bonds. The molecule has 1 unspecified atom stereocenters. The first-order valence-corrected chi connectivity index (χ1v) is 5.33. The lowest BCUT2D eigenvalue weighted by molar-refractivity contribution is 0.390. The lowest BCUT2D eigenvalue weighted by Gasteiger charge is -2.17. The van der Waals surface area contributed by atoms with Crippen LogP contribution in [0.2, 0.25) is 0 Å². The van der Waals surface area contributed by atoms with Crippen LogP contribution in [0.1, 0.15) is 45.1 Å². The number of nitrogens with zero attached hydrogens (tertiary/aromatic N) is 2. The molecule has 1 aliphatic rings. The number of aromatic nitrogens is 2. The molecule has 0 spiro atoms. The fraction of sp³-hybridized carbons (Fsp3) is 0.727. The Balaban J connectivity index is 1.87. The Labute approximate surface area is 80.0 Å². The summed E-state index contributed by atoms with van der Waals surface area (Å²) in [6, 6.07) is 0.630. The highest BCUT2D eigenvalue weighted by atomic mass is 15.0. The van der Waals surface area contributed by atoms with Crippen LogP contribution in [0.25, 0.3) is 0 Å². The molecule has 0 aromatic carbocycles. The van der Waals surface area contributed by atoms with Crippen molar-refractivity contribution in [3.8, 4) is 0 Å². The van der Waals surface area contributed by atoms with Crippen molar-refractivity contribution in [2.45, 2.75) is 45.1 Å².